The first kappa shape index (κ1) is 17.3. The molecular formula is C21H24ClN3O. The highest BCUT2D eigenvalue weighted by molar-refractivity contribution is 6.30. The second kappa shape index (κ2) is 6.58. The summed E-state index contributed by atoms with van der Waals surface area (Å²) >= 11 is 6.00. The van der Waals surface area contributed by atoms with E-state index in [-0.39, 0.29) is 5.41 Å². The number of halogens is 1. The van der Waals surface area contributed by atoms with Crippen molar-refractivity contribution in [2.75, 3.05) is 6.61 Å². The van der Waals surface area contributed by atoms with Gasteiger partial charge in [-0.05, 0) is 49.4 Å². The van der Waals surface area contributed by atoms with E-state index in [0.717, 1.165) is 40.1 Å². The Bertz CT molecular complexity index is 926. The summed E-state index contributed by atoms with van der Waals surface area (Å²) in [7, 11) is 0. The fourth-order valence-corrected chi connectivity index (χ4v) is 3.36. The van der Waals surface area contributed by atoms with E-state index < -0.39 is 0 Å². The summed E-state index contributed by atoms with van der Waals surface area (Å²) in [5, 5.41) is 9.53. The van der Waals surface area contributed by atoms with Crippen molar-refractivity contribution in [2.45, 2.75) is 45.4 Å². The second-order valence-electron chi connectivity index (χ2n) is 7.94. The number of aromatic nitrogens is 3. The van der Waals surface area contributed by atoms with Crippen molar-refractivity contribution in [3.05, 3.63) is 58.5 Å². The molecule has 1 aliphatic carbocycles. The van der Waals surface area contributed by atoms with Gasteiger partial charge in [0.05, 0.1) is 6.61 Å². The molecule has 0 bridgehead atoms. The van der Waals surface area contributed by atoms with Crippen LogP contribution in [0.15, 0.2) is 36.5 Å². The van der Waals surface area contributed by atoms with Gasteiger partial charge in [-0.3, -0.25) is 4.40 Å². The zero-order chi connectivity index (χ0) is 18.3. The Labute approximate surface area is 159 Å². The first-order valence-electron chi connectivity index (χ1n) is 9.16. The Balaban J connectivity index is 1.53. The molecule has 0 saturated heterocycles. The van der Waals surface area contributed by atoms with Gasteiger partial charge < -0.3 is 4.74 Å². The number of nitrogens with zero attached hydrogens (tertiary/aromatic N) is 3. The number of hydrogen-bond acceptors (Lipinski definition) is 3. The molecule has 0 aliphatic heterocycles. The number of aryl methyl sites for hydroxylation is 1. The highest BCUT2D eigenvalue weighted by atomic mass is 35.5. The summed E-state index contributed by atoms with van der Waals surface area (Å²) in [4.78, 5) is 0. The van der Waals surface area contributed by atoms with Crippen molar-refractivity contribution in [1.29, 1.82) is 0 Å². The Morgan fingerprint density at radius 1 is 1.15 bits per heavy atom. The van der Waals surface area contributed by atoms with Crippen LogP contribution in [0.25, 0.3) is 5.65 Å². The largest absolute Gasteiger partial charge is 0.492 e. The lowest BCUT2D eigenvalue weighted by atomic mass is 9.85. The number of benzene rings is 1. The standard InChI is InChI=1S/C21H24ClN3O/c1-14-18(26-13-21(2,3)16-6-8-17(22)9-7-16)10-11-25-19(12-15-4-5-15)23-24-20(14)25/h6-11,15H,4-5,12-13H2,1-3H3. The van der Waals surface area contributed by atoms with Crippen LogP contribution in [0.5, 0.6) is 5.75 Å². The molecule has 4 rings (SSSR count). The number of fused-ring (bicyclic) bond motifs is 1. The molecule has 5 heteroatoms. The zero-order valence-electron chi connectivity index (χ0n) is 15.5. The van der Waals surface area contributed by atoms with Crippen molar-refractivity contribution in [3.8, 4) is 5.75 Å². The summed E-state index contributed by atoms with van der Waals surface area (Å²) < 4.78 is 8.28. The molecule has 2 aromatic heterocycles. The van der Waals surface area contributed by atoms with Crippen LogP contribution < -0.4 is 4.74 Å². The van der Waals surface area contributed by atoms with E-state index in [4.69, 9.17) is 16.3 Å². The Hall–Kier alpha value is -2.07. The van der Waals surface area contributed by atoms with Crippen LogP contribution in [0.3, 0.4) is 0 Å². The highest BCUT2D eigenvalue weighted by Crippen LogP contribution is 2.33. The molecule has 1 fully saturated rings. The van der Waals surface area contributed by atoms with Crippen LogP contribution in [-0.2, 0) is 11.8 Å². The number of ether oxygens (including phenoxy) is 1. The van der Waals surface area contributed by atoms with Gasteiger partial charge in [-0.1, -0.05) is 37.6 Å². The van der Waals surface area contributed by atoms with Crippen LogP contribution in [-0.4, -0.2) is 21.2 Å². The number of hydrogen-bond donors (Lipinski definition) is 0. The smallest absolute Gasteiger partial charge is 0.167 e. The Morgan fingerprint density at radius 2 is 1.88 bits per heavy atom. The van der Waals surface area contributed by atoms with Crippen molar-refractivity contribution in [3.63, 3.8) is 0 Å². The predicted octanol–water partition coefficient (Wildman–Crippen LogP) is 5.00. The lowest BCUT2D eigenvalue weighted by molar-refractivity contribution is 0.239. The van der Waals surface area contributed by atoms with Crippen molar-refractivity contribution < 1.29 is 4.74 Å². The molecule has 0 radical (unpaired) electrons. The van der Waals surface area contributed by atoms with E-state index in [1.54, 1.807) is 0 Å². The number of rotatable bonds is 6. The molecule has 2 heterocycles. The predicted molar refractivity (Wildman–Crippen MR) is 104 cm³/mol. The van der Waals surface area contributed by atoms with Gasteiger partial charge in [0.25, 0.3) is 0 Å². The molecule has 3 aromatic rings. The van der Waals surface area contributed by atoms with Crippen LogP contribution in [0.2, 0.25) is 5.02 Å². The van der Waals surface area contributed by atoms with Crippen molar-refractivity contribution >= 4 is 17.2 Å². The van der Waals surface area contributed by atoms with Gasteiger partial charge in [0, 0.05) is 28.6 Å². The van der Waals surface area contributed by atoms with E-state index in [1.807, 2.05) is 24.4 Å². The lowest BCUT2D eigenvalue weighted by Crippen LogP contribution is -2.26. The van der Waals surface area contributed by atoms with Crippen LogP contribution in [0, 0.1) is 12.8 Å². The molecule has 26 heavy (non-hydrogen) atoms. The zero-order valence-corrected chi connectivity index (χ0v) is 16.3. The van der Waals surface area contributed by atoms with Crippen molar-refractivity contribution in [2.24, 2.45) is 5.92 Å². The first-order valence-corrected chi connectivity index (χ1v) is 9.54. The van der Waals surface area contributed by atoms with E-state index in [9.17, 15) is 0 Å². The normalized spacial score (nSPS) is 14.8. The van der Waals surface area contributed by atoms with Gasteiger partial charge in [0.15, 0.2) is 5.65 Å². The maximum atomic E-state index is 6.18. The first-order chi connectivity index (χ1) is 12.4. The quantitative estimate of drug-likeness (QED) is 0.613. The Morgan fingerprint density at radius 3 is 2.58 bits per heavy atom. The fourth-order valence-electron chi connectivity index (χ4n) is 3.23. The van der Waals surface area contributed by atoms with Crippen LogP contribution in [0.4, 0.5) is 0 Å². The molecule has 1 saturated carbocycles. The molecule has 136 valence electrons. The molecule has 4 nitrogen and oxygen atoms in total. The minimum atomic E-state index is -0.117. The van der Waals surface area contributed by atoms with Gasteiger partial charge in [-0.2, -0.15) is 0 Å². The highest BCUT2D eigenvalue weighted by Gasteiger charge is 2.25. The topological polar surface area (TPSA) is 39.4 Å². The average Bonchev–Trinajstić information content (AvgIpc) is 3.33. The summed E-state index contributed by atoms with van der Waals surface area (Å²) in [6, 6.07) is 10.00. The molecule has 0 spiro atoms. The average molecular weight is 370 g/mol. The molecule has 0 N–H and O–H groups in total. The van der Waals surface area contributed by atoms with Crippen molar-refractivity contribution in [1.82, 2.24) is 14.6 Å². The monoisotopic (exact) mass is 369 g/mol. The van der Waals surface area contributed by atoms with E-state index in [1.165, 1.54) is 18.4 Å². The molecule has 1 aromatic carbocycles. The third-order valence-corrected chi connectivity index (χ3v) is 5.48. The summed E-state index contributed by atoms with van der Waals surface area (Å²) in [6.45, 7) is 6.98. The van der Waals surface area contributed by atoms with Gasteiger partial charge in [-0.15, -0.1) is 10.2 Å². The number of pyridine rings is 1. The summed E-state index contributed by atoms with van der Waals surface area (Å²) in [5.74, 6) is 2.71. The van der Waals surface area contributed by atoms with Gasteiger partial charge in [0.1, 0.15) is 11.6 Å². The lowest BCUT2D eigenvalue weighted by Gasteiger charge is -2.26. The van der Waals surface area contributed by atoms with Crippen LogP contribution in [0.1, 0.15) is 43.6 Å². The van der Waals surface area contributed by atoms with E-state index in [0.29, 0.717) is 6.61 Å². The third-order valence-electron chi connectivity index (χ3n) is 5.23. The third kappa shape index (κ3) is 3.43. The SMILES string of the molecule is Cc1c(OCC(C)(C)c2ccc(Cl)cc2)ccn2c(CC3CC3)nnc12. The summed E-state index contributed by atoms with van der Waals surface area (Å²) in [5.41, 5.74) is 3.01. The Kier molecular flexibility index (Phi) is 4.39. The molecular weight excluding hydrogens is 346 g/mol. The minimum absolute atomic E-state index is 0.117. The minimum Gasteiger partial charge on any atom is -0.492 e. The second-order valence-corrected chi connectivity index (χ2v) is 8.38. The van der Waals surface area contributed by atoms with E-state index in [2.05, 4.69) is 47.5 Å². The molecule has 0 amide bonds. The molecule has 0 unspecified atom stereocenters. The maximum absolute atomic E-state index is 6.18. The molecule has 1 aliphatic rings. The summed E-state index contributed by atoms with van der Waals surface area (Å²) in [6.07, 6.45) is 5.68. The fraction of sp³-hybridized carbons (Fsp3) is 0.429. The maximum Gasteiger partial charge on any atom is 0.167 e. The van der Waals surface area contributed by atoms with Gasteiger partial charge in [0.2, 0.25) is 0 Å². The van der Waals surface area contributed by atoms with E-state index >= 15 is 0 Å². The van der Waals surface area contributed by atoms with Gasteiger partial charge >= 0.3 is 0 Å². The van der Waals surface area contributed by atoms with Crippen LogP contribution >= 0.6 is 11.6 Å². The van der Waals surface area contributed by atoms with Gasteiger partial charge in [-0.25, -0.2) is 0 Å². The molecule has 0 atom stereocenters.